The van der Waals surface area contributed by atoms with Crippen LogP contribution in [0, 0.1) is 6.92 Å². The molecule has 0 atom stereocenters. The quantitative estimate of drug-likeness (QED) is 0.656. The Labute approximate surface area is 103 Å². The van der Waals surface area contributed by atoms with Crippen molar-refractivity contribution in [1.82, 2.24) is 0 Å². The van der Waals surface area contributed by atoms with E-state index in [4.69, 9.17) is 17.3 Å². The zero-order valence-electron chi connectivity index (χ0n) is 8.66. The highest BCUT2D eigenvalue weighted by Crippen LogP contribution is 2.21. The molecule has 1 aromatic heterocycles. The Morgan fingerprint density at radius 3 is 2.56 bits per heavy atom. The largest absolute Gasteiger partial charge is 0.399 e. The van der Waals surface area contributed by atoms with Crippen molar-refractivity contribution in [3.63, 3.8) is 0 Å². The molecule has 2 rings (SSSR count). The fraction of sp³-hybridized carbons (Fsp3) is 0.0833. The van der Waals surface area contributed by atoms with Gasteiger partial charge in [0.2, 0.25) is 0 Å². The van der Waals surface area contributed by atoms with Gasteiger partial charge in [-0.1, -0.05) is 11.6 Å². The molecule has 0 aliphatic rings. The molecule has 2 N–H and O–H groups in total. The molecule has 0 fully saturated rings. The maximum absolute atomic E-state index is 12.1. The van der Waals surface area contributed by atoms with E-state index in [0.29, 0.717) is 21.8 Å². The number of anilines is 1. The van der Waals surface area contributed by atoms with Gasteiger partial charge in [-0.15, -0.1) is 11.3 Å². The van der Waals surface area contributed by atoms with Crippen molar-refractivity contribution in [2.45, 2.75) is 6.92 Å². The van der Waals surface area contributed by atoms with Crippen LogP contribution in [0.3, 0.4) is 0 Å². The summed E-state index contributed by atoms with van der Waals surface area (Å²) in [4.78, 5) is 13.2. The molecule has 1 heterocycles. The molecule has 0 aliphatic carbocycles. The third-order valence-corrected chi connectivity index (χ3v) is 3.25. The van der Waals surface area contributed by atoms with Crippen LogP contribution in [0.1, 0.15) is 20.8 Å². The SMILES string of the molecule is Cc1cc(C(=O)c2cc(N)cc(Cl)c2)cs1. The first-order valence-corrected chi connectivity index (χ1v) is 5.98. The lowest BCUT2D eigenvalue weighted by Crippen LogP contribution is -2.00. The fourth-order valence-corrected chi connectivity index (χ4v) is 2.40. The molecule has 2 aromatic rings. The van der Waals surface area contributed by atoms with Gasteiger partial charge in [0.1, 0.15) is 0 Å². The molecular weight excluding hydrogens is 242 g/mol. The van der Waals surface area contributed by atoms with Gasteiger partial charge >= 0.3 is 0 Å². The van der Waals surface area contributed by atoms with Gasteiger partial charge in [-0.25, -0.2) is 0 Å². The molecule has 2 nitrogen and oxygen atoms in total. The Hall–Kier alpha value is -1.32. The minimum Gasteiger partial charge on any atom is -0.399 e. The minimum atomic E-state index is -0.0430. The van der Waals surface area contributed by atoms with Gasteiger partial charge in [0.15, 0.2) is 5.78 Å². The summed E-state index contributed by atoms with van der Waals surface area (Å²) >= 11 is 7.41. The van der Waals surface area contributed by atoms with Crippen molar-refractivity contribution >= 4 is 34.4 Å². The number of ketones is 1. The van der Waals surface area contributed by atoms with Crippen molar-refractivity contribution in [3.8, 4) is 0 Å². The number of nitrogens with two attached hydrogens (primary N) is 1. The summed E-state index contributed by atoms with van der Waals surface area (Å²) in [6.45, 7) is 1.97. The van der Waals surface area contributed by atoms with Gasteiger partial charge in [0, 0.05) is 32.1 Å². The summed E-state index contributed by atoms with van der Waals surface area (Å²) < 4.78 is 0. The summed E-state index contributed by atoms with van der Waals surface area (Å²) in [6.07, 6.45) is 0. The number of hydrogen-bond acceptors (Lipinski definition) is 3. The van der Waals surface area contributed by atoms with E-state index in [-0.39, 0.29) is 5.78 Å². The van der Waals surface area contributed by atoms with Crippen molar-refractivity contribution in [3.05, 3.63) is 50.7 Å². The monoisotopic (exact) mass is 251 g/mol. The predicted octanol–water partition coefficient (Wildman–Crippen LogP) is 3.52. The average Bonchev–Trinajstić information content (AvgIpc) is 2.62. The normalized spacial score (nSPS) is 10.4. The maximum atomic E-state index is 12.1. The van der Waals surface area contributed by atoms with Gasteiger partial charge < -0.3 is 5.73 Å². The van der Waals surface area contributed by atoms with Gasteiger partial charge in [-0.2, -0.15) is 0 Å². The summed E-state index contributed by atoms with van der Waals surface area (Å²) in [5.74, 6) is -0.0430. The van der Waals surface area contributed by atoms with Crippen LogP contribution in [-0.4, -0.2) is 5.78 Å². The number of thiophene rings is 1. The van der Waals surface area contributed by atoms with Crippen molar-refractivity contribution in [2.24, 2.45) is 0 Å². The molecule has 0 saturated heterocycles. The van der Waals surface area contributed by atoms with Crippen LogP contribution >= 0.6 is 22.9 Å². The van der Waals surface area contributed by atoms with Gasteiger partial charge in [0.25, 0.3) is 0 Å². The Kier molecular flexibility index (Phi) is 2.99. The van der Waals surface area contributed by atoms with Crippen LogP contribution in [-0.2, 0) is 0 Å². The third-order valence-electron chi connectivity index (χ3n) is 2.18. The van der Waals surface area contributed by atoms with E-state index in [9.17, 15) is 4.79 Å². The molecule has 0 aliphatic heterocycles. The van der Waals surface area contributed by atoms with Crippen LogP contribution in [0.2, 0.25) is 5.02 Å². The number of rotatable bonds is 2. The lowest BCUT2D eigenvalue weighted by Gasteiger charge is -2.01. The second kappa shape index (κ2) is 4.28. The molecule has 1 aromatic carbocycles. The second-order valence-corrected chi connectivity index (χ2v) is 5.10. The van der Waals surface area contributed by atoms with Gasteiger partial charge in [-0.3, -0.25) is 4.79 Å². The zero-order chi connectivity index (χ0) is 11.7. The molecular formula is C12H10ClNOS. The lowest BCUT2D eigenvalue weighted by atomic mass is 10.1. The molecule has 0 bridgehead atoms. The van der Waals surface area contributed by atoms with Crippen LogP contribution in [0.4, 0.5) is 5.69 Å². The topological polar surface area (TPSA) is 43.1 Å². The first-order chi connectivity index (χ1) is 7.56. The molecule has 0 spiro atoms. The molecule has 16 heavy (non-hydrogen) atoms. The predicted molar refractivity (Wildman–Crippen MR) is 68.4 cm³/mol. The van der Waals surface area contributed by atoms with E-state index >= 15 is 0 Å². The molecule has 0 saturated carbocycles. The van der Waals surface area contributed by atoms with E-state index in [2.05, 4.69) is 0 Å². The highest BCUT2D eigenvalue weighted by Gasteiger charge is 2.11. The maximum Gasteiger partial charge on any atom is 0.193 e. The number of carbonyl (C=O) groups is 1. The standard InChI is InChI=1S/C12H10ClNOS/c1-7-2-9(6-16-7)12(15)8-3-10(13)5-11(14)4-8/h2-6H,14H2,1H3. The van der Waals surface area contributed by atoms with E-state index in [1.807, 2.05) is 18.4 Å². The van der Waals surface area contributed by atoms with Gasteiger partial charge in [0.05, 0.1) is 0 Å². The van der Waals surface area contributed by atoms with E-state index in [1.165, 1.54) is 0 Å². The van der Waals surface area contributed by atoms with Crippen molar-refractivity contribution < 1.29 is 4.79 Å². The molecule has 4 heteroatoms. The first kappa shape index (κ1) is 11.2. The van der Waals surface area contributed by atoms with Crippen LogP contribution < -0.4 is 5.73 Å². The Balaban J connectivity index is 2.41. The van der Waals surface area contributed by atoms with Crippen LogP contribution in [0.25, 0.3) is 0 Å². The number of hydrogen-bond donors (Lipinski definition) is 1. The van der Waals surface area contributed by atoms with E-state index < -0.39 is 0 Å². The first-order valence-electron chi connectivity index (χ1n) is 4.72. The number of benzene rings is 1. The molecule has 0 radical (unpaired) electrons. The summed E-state index contributed by atoms with van der Waals surface area (Å²) in [7, 11) is 0. The average molecular weight is 252 g/mol. The van der Waals surface area contributed by atoms with Crippen LogP contribution in [0.5, 0.6) is 0 Å². The highest BCUT2D eigenvalue weighted by atomic mass is 35.5. The number of halogens is 1. The third kappa shape index (κ3) is 2.26. The highest BCUT2D eigenvalue weighted by molar-refractivity contribution is 7.10. The summed E-state index contributed by atoms with van der Waals surface area (Å²) in [5.41, 5.74) is 7.36. The minimum absolute atomic E-state index is 0.0430. The van der Waals surface area contributed by atoms with Crippen molar-refractivity contribution in [2.75, 3.05) is 5.73 Å². The molecule has 0 unspecified atom stereocenters. The summed E-state index contributed by atoms with van der Waals surface area (Å²) in [5, 5.41) is 2.32. The molecule has 82 valence electrons. The smallest absolute Gasteiger partial charge is 0.193 e. The Bertz CT molecular complexity index is 527. The fourth-order valence-electron chi connectivity index (χ4n) is 1.47. The second-order valence-electron chi connectivity index (χ2n) is 3.55. The zero-order valence-corrected chi connectivity index (χ0v) is 10.2. The van der Waals surface area contributed by atoms with E-state index in [0.717, 1.165) is 4.88 Å². The number of aryl methyl sites for hydroxylation is 1. The Morgan fingerprint density at radius 2 is 2.00 bits per heavy atom. The Morgan fingerprint density at radius 1 is 1.25 bits per heavy atom. The molecule has 0 amide bonds. The number of nitrogen functional groups attached to an aromatic ring is 1. The van der Waals surface area contributed by atoms with E-state index in [1.54, 1.807) is 29.5 Å². The lowest BCUT2D eigenvalue weighted by molar-refractivity contribution is 0.103. The van der Waals surface area contributed by atoms with Crippen LogP contribution in [0.15, 0.2) is 29.6 Å². The van der Waals surface area contributed by atoms with Gasteiger partial charge in [-0.05, 0) is 31.2 Å². The number of carbonyl (C=O) groups excluding carboxylic acids is 1. The summed E-state index contributed by atoms with van der Waals surface area (Å²) in [6, 6.07) is 6.76. The van der Waals surface area contributed by atoms with Crippen molar-refractivity contribution in [1.29, 1.82) is 0 Å².